The van der Waals surface area contributed by atoms with Gasteiger partial charge in [-0.15, -0.1) is 0 Å². The van der Waals surface area contributed by atoms with Crippen LogP contribution >= 0.6 is 0 Å². The highest BCUT2D eigenvalue weighted by molar-refractivity contribution is 5.89. The number of benzene rings is 1. The Balaban J connectivity index is 1.79. The van der Waals surface area contributed by atoms with Crippen molar-refractivity contribution in [3.8, 4) is 0 Å². The highest BCUT2D eigenvalue weighted by Crippen LogP contribution is 2.06. The van der Waals surface area contributed by atoms with Gasteiger partial charge in [0.1, 0.15) is 0 Å². The lowest BCUT2D eigenvalue weighted by atomic mass is 10.1. The molecule has 1 aliphatic heterocycles. The van der Waals surface area contributed by atoms with Gasteiger partial charge in [0, 0.05) is 12.6 Å². The van der Waals surface area contributed by atoms with E-state index < -0.39 is 0 Å². The van der Waals surface area contributed by atoms with Gasteiger partial charge >= 0.3 is 5.97 Å². The van der Waals surface area contributed by atoms with Gasteiger partial charge in [0.25, 0.3) is 0 Å². The zero-order chi connectivity index (χ0) is 13.7. The lowest BCUT2D eigenvalue weighted by molar-refractivity contribution is 0.0600. The van der Waals surface area contributed by atoms with Crippen LogP contribution in [0.4, 0.5) is 0 Å². The molecule has 1 aliphatic rings. The van der Waals surface area contributed by atoms with Crippen LogP contribution in [0.3, 0.4) is 0 Å². The van der Waals surface area contributed by atoms with Crippen LogP contribution in [0.1, 0.15) is 22.8 Å². The molecular formula is C14H19N3O2. The second-order valence-corrected chi connectivity index (χ2v) is 4.60. The molecule has 0 amide bonds. The van der Waals surface area contributed by atoms with Crippen molar-refractivity contribution in [2.75, 3.05) is 20.2 Å². The average molecular weight is 261 g/mol. The third-order valence-corrected chi connectivity index (χ3v) is 2.99. The zero-order valence-electron chi connectivity index (χ0n) is 11.3. The molecule has 1 heterocycles. The van der Waals surface area contributed by atoms with Gasteiger partial charge in [-0.2, -0.15) is 0 Å². The molecule has 5 heteroatoms. The minimum atomic E-state index is -0.303. The van der Waals surface area contributed by atoms with E-state index in [0.717, 1.165) is 25.5 Å². The Morgan fingerprint density at radius 3 is 2.79 bits per heavy atom. The lowest BCUT2D eigenvalue weighted by Crippen LogP contribution is -2.38. The van der Waals surface area contributed by atoms with Crippen LogP contribution in [-0.2, 0) is 11.2 Å². The second-order valence-electron chi connectivity index (χ2n) is 4.60. The largest absolute Gasteiger partial charge is 0.465 e. The fourth-order valence-corrected chi connectivity index (χ4v) is 1.91. The smallest absolute Gasteiger partial charge is 0.337 e. The molecule has 102 valence electrons. The summed E-state index contributed by atoms with van der Waals surface area (Å²) in [5.41, 5.74) is 1.75. The van der Waals surface area contributed by atoms with Gasteiger partial charge in [-0.1, -0.05) is 12.1 Å². The van der Waals surface area contributed by atoms with Crippen molar-refractivity contribution in [1.29, 1.82) is 0 Å². The molecule has 0 aromatic heterocycles. The quantitative estimate of drug-likeness (QED) is 0.792. The van der Waals surface area contributed by atoms with E-state index in [2.05, 4.69) is 27.3 Å². The molecule has 1 atom stereocenters. The summed E-state index contributed by atoms with van der Waals surface area (Å²) in [6.45, 7) is 3.75. The first-order valence-corrected chi connectivity index (χ1v) is 6.41. The summed E-state index contributed by atoms with van der Waals surface area (Å²) in [5, 5.41) is 6.51. The summed E-state index contributed by atoms with van der Waals surface area (Å²) in [5.74, 6) is 0.571. The molecule has 1 unspecified atom stereocenters. The molecule has 5 nitrogen and oxygen atoms in total. The van der Waals surface area contributed by atoms with Crippen LogP contribution < -0.4 is 10.6 Å². The third-order valence-electron chi connectivity index (χ3n) is 2.99. The van der Waals surface area contributed by atoms with Gasteiger partial charge in [0.2, 0.25) is 0 Å². The summed E-state index contributed by atoms with van der Waals surface area (Å²) in [6, 6.07) is 7.88. The van der Waals surface area contributed by atoms with Crippen LogP contribution in [0.15, 0.2) is 29.3 Å². The van der Waals surface area contributed by atoms with Gasteiger partial charge in [0.05, 0.1) is 19.2 Å². The minimum Gasteiger partial charge on any atom is -0.465 e. The van der Waals surface area contributed by atoms with Crippen LogP contribution in [0.2, 0.25) is 0 Å². The second kappa shape index (κ2) is 6.22. The number of hydrogen-bond donors (Lipinski definition) is 2. The van der Waals surface area contributed by atoms with E-state index in [9.17, 15) is 4.79 Å². The predicted octanol–water partition coefficient (Wildman–Crippen LogP) is 0.953. The number of hydrogen-bond acceptors (Lipinski definition) is 5. The molecule has 0 bridgehead atoms. The number of rotatable bonds is 4. The Hall–Kier alpha value is -2.04. The van der Waals surface area contributed by atoms with E-state index in [1.165, 1.54) is 12.7 Å². The molecule has 0 saturated carbocycles. The van der Waals surface area contributed by atoms with Crippen molar-refractivity contribution in [3.05, 3.63) is 35.4 Å². The van der Waals surface area contributed by atoms with E-state index in [0.29, 0.717) is 11.6 Å². The standard InChI is InChI=1S/C14H19N3O2/c1-10-9-16-14(17-10)15-8-7-11-3-5-12(6-4-11)13(18)19-2/h3-6,10H,7-9H2,1-2H3,(H2,15,16,17). The summed E-state index contributed by atoms with van der Waals surface area (Å²) >= 11 is 0. The molecule has 0 fully saturated rings. The molecule has 19 heavy (non-hydrogen) atoms. The third kappa shape index (κ3) is 3.71. The Kier molecular flexibility index (Phi) is 4.39. The number of nitrogens with one attached hydrogen (secondary N) is 2. The number of carbonyl (C=O) groups is 1. The van der Waals surface area contributed by atoms with E-state index >= 15 is 0 Å². The zero-order valence-corrected chi connectivity index (χ0v) is 11.3. The van der Waals surface area contributed by atoms with Crippen LogP contribution in [-0.4, -0.2) is 38.2 Å². The molecule has 0 saturated heterocycles. The number of aliphatic imine (C=N–C) groups is 1. The van der Waals surface area contributed by atoms with Crippen LogP contribution in [0.25, 0.3) is 0 Å². The molecule has 1 aromatic rings. The summed E-state index contributed by atoms with van der Waals surface area (Å²) in [6.07, 6.45) is 0.885. The SMILES string of the molecule is COC(=O)c1ccc(CCNC2=NCC(C)N2)cc1. The summed E-state index contributed by atoms with van der Waals surface area (Å²) in [7, 11) is 1.39. The monoisotopic (exact) mass is 261 g/mol. The maximum Gasteiger partial charge on any atom is 0.337 e. The summed E-state index contributed by atoms with van der Waals surface area (Å²) in [4.78, 5) is 15.6. The predicted molar refractivity (Wildman–Crippen MR) is 74.4 cm³/mol. The first-order valence-electron chi connectivity index (χ1n) is 6.41. The number of carbonyl (C=O) groups excluding carboxylic acids is 1. The van der Waals surface area contributed by atoms with Gasteiger partial charge < -0.3 is 15.4 Å². The average Bonchev–Trinajstić information content (AvgIpc) is 2.84. The van der Waals surface area contributed by atoms with Gasteiger partial charge in [-0.25, -0.2) is 4.79 Å². The minimum absolute atomic E-state index is 0.303. The van der Waals surface area contributed by atoms with Crippen molar-refractivity contribution in [3.63, 3.8) is 0 Å². The number of nitrogens with zero attached hydrogens (tertiary/aromatic N) is 1. The topological polar surface area (TPSA) is 62.7 Å². The van der Waals surface area contributed by atoms with Crippen LogP contribution in [0.5, 0.6) is 0 Å². The Bertz CT molecular complexity index is 468. The molecule has 1 aromatic carbocycles. The molecular weight excluding hydrogens is 242 g/mol. The van der Waals surface area contributed by atoms with Crippen molar-refractivity contribution >= 4 is 11.9 Å². The van der Waals surface area contributed by atoms with E-state index in [1.807, 2.05) is 12.1 Å². The van der Waals surface area contributed by atoms with Gasteiger partial charge in [-0.3, -0.25) is 4.99 Å². The molecule has 2 rings (SSSR count). The molecule has 0 radical (unpaired) electrons. The first-order chi connectivity index (χ1) is 9.19. The highest BCUT2D eigenvalue weighted by Gasteiger charge is 2.11. The number of guanidine groups is 1. The Morgan fingerprint density at radius 2 is 2.21 bits per heavy atom. The van der Waals surface area contributed by atoms with Crippen molar-refractivity contribution < 1.29 is 9.53 Å². The Morgan fingerprint density at radius 1 is 1.47 bits per heavy atom. The van der Waals surface area contributed by atoms with Gasteiger partial charge in [0.15, 0.2) is 5.96 Å². The lowest BCUT2D eigenvalue weighted by Gasteiger charge is -2.08. The van der Waals surface area contributed by atoms with E-state index in [4.69, 9.17) is 0 Å². The molecule has 0 aliphatic carbocycles. The van der Waals surface area contributed by atoms with E-state index in [1.54, 1.807) is 12.1 Å². The number of esters is 1. The van der Waals surface area contributed by atoms with Crippen molar-refractivity contribution in [2.24, 2.45) is 4.99 Å². The number of methoxy groups -OCH3 is 1. The van der Waals surface area contributed by atoms with Crippen molar-refractivity contribution in [2.45, 2.75) is 19.4 Å². The van der Waals surface area contributed by atoms with Gasteiger partial charge in [-0.05, 0) is 31.0 Å². The highest BCUT2D eigenvalue weighted by atomic mass is 16.5. The van der Waals surface area contributed by atoms with E-state index in [-0.39, 0.29) is 5.97 Å². The van der Waals surface area contributed by atoms with Crippen LogP contribution in [0, 0.1) is 0 Å². The molecule has 2 N–H and O–H groups in total. The first kappa shape index (κ1) is 13.4. The normalized spacial score (nSPS) is 17.6. The Labute approximate surface area is 113 Å². The maximum atomic E-state index is 11.3. The molecule has 0 spiro atoms. The maximum absolute atomic E-state index is 11.3. The van der Waals surface area contributed by atoms with Crippen molar-refractivity contribution in [1.82, 2.24) is 10.6 Å². The fourth-order valence-electron chi connectivity index (χ4n) is 1.91. The fraction of sp³-hybridized carbons (Fsp3) is 0.429. The number of ether oxygens (including phenoxy) is 1. The summed E-state index contributed by atoms with van der Waals surface area (Å²) < 4.78 is 4.66.